The minimum Gasteiger partial charge on any atom is -0.497 e. The number of fused-ring (bicyclic) bond motifs is 1. The van der Waals surface area contributed by atoms with Crippen LogP contribution in [-0.4, -0.2) is 62.3 Å². The van der Waals surface area contributed by atoms with Crippen LogP contribution < -0.4 is 14.2 Å². The van der Waals surface area contributed by atoms with Gasteiger partial charge in [0.25, 0.3) is 0 Å². The molecule has 4 rings (SSSR count). The van der Waals surface area contributed by atoms with Crippen molar-refractivity contribution in [2.45, 2.75) is 25.9 Å². The minimum absolute atomic E-state index is 0.00533. The van der Waals surface area contributed by atoms with Crippen LogP contribution in [0.1, 0.15) is 22.4 Å². The summed E-state index contributed by atoms with van der Waals surface area (Å²) in [6.45, 7) is 2.00. The highest BCUT2D eigenvalue weighted by molar-refractivity contribution is 7.09. The quantitative estimate of drug-likeness (QED) is 0.313. The van der Waals surface area contributed by atoms with Gasteiger partial charge >= 0.3 is 0 Å². The number of rotatable bonds is 13. The number of ether oxygens (including phenoxy) is 4. The normalized spacial score (nSPS) is 11.8. The summed E-state index contributed by atoms with van der Waals surface area (Å²) in [4.78, 5) is 31.4. The topological polar surface area (TPSA) is 77.5 Å². The molecule has 196 valence electrons. The SMILES string of the molecule is COCCCN(CC(=O)N(Cc1ccc2c(c1)OCO2)Cc1cccs1)C(=O)Cc1ccc(OC)cc1. The maximum absolute atomic E-state index is 13.6. The van der Waals surface area contributed by atoms with Crippen LogP contribution in [0, 0.1) is 0 Å². The van der Waals surface area contributed by atoms with Gasteiger partial charge < -0.3 is 28.7 Å². The lowest BCUT2D eigenvalue weighted by atomic mass is 10.1. The molecule has 2 heterocycles. The summed E-state index contributed by atoms with van der Waals surface area (Å²) in [6.07, 6.45) is 0.850. The predicted octanol–water partition coefficient (Wildman–Crippen LogP) is 4.12. The molecule has 37 heavy (non-hydrogen) atoms. The summed E-state index contributed by atoms with van der Waals surface area (Å²) >= 11 is 1.60. The molecule has 9 heteroatoms. The van der Waals surface area contributed by atoms with Crippen LogP contribution in [0.2, 0.25) is 0 Å². The molecule has 1 aliphatic heterocycles. The Labute approximate surface area is 221 Å². The van der Waals surface area contributed by atoms with Crippen LogP contribution >= 0.6 is 11.3 Å². The molecule has 2 aromatic carbocycles. The average Bonchev–Trinajstić information content (AvgIpc) is 3.60. The summed E-state index contributed by atoms with van der Waals surface area (Å²) < 4.78 is 21.3. The number of nitrogens with zero attached hydrogens (tertiary/aromatic N) is 2. The van der Waals surface area contributed by atoms with E-state index in [4.69, 9.17) is 18.9 Å². The van der Waals surface area contributed by atoms with Gasteiger partial charge in [-0.15, -0.1) is 11.3 Å². The van der Waals surface area contributed by atoms with Crippen LogP contribution in [0.15, 0.2) is 60.0 Å². The lowest BCUT2D eigenvalue weighted by Gasteiger charge is -2.28. The first kappa shape index (κ1) is 26.5. The number of methoxy groups -OCH3 is 2. The van der Waals surface area contributed by atoms with Gasteiger partial charge in [0, 0.05) is 31.7 Å². The lowest BCUT2D eigenvalue weighted by molar-refractivity contribution is -0.141. The highest BCUT2D eigenvalue weighted by atomic mass is 32.1. The summed E-state index contributed by atoms with van der Waals surface area (Å²) in [6, 6.07) is 17.1. The maximum atomic E-state index is 13.6. The number of hydrogen-bond acceptors (Lipinski definition) is 7. The van der Waals surface area contributed by atoms with Crippen molar-refractivity contribution < 1.29 is 28.5 Å². The Morgan fingerprint density at radius 1 is 0.919 bits per heavy atom. The second kappa shape index (κ2) is 13.1. The largest absolute Gasteiger partial charge is 0.497 e. The second-order valence-electron chi connectivity index (χ2n) is 8.70. The Kier molecular flexibility index (Phi) is 9.40. The van der Waals surface area contributed by atoms with Crippen molar-refractivity contribution >= 4 is 23.2 Å². The molecule has 8 nitrogen and oxygen atoms in total. The molecule has 0 radical (unpaired) electrons. The summed E-state index contributed by atoms with van der Waals surface area (Å²) in [5.41, 5.74) is 1.80. The summed E-state index contributed by atoms with van der Waals surface area (Å²) in [7, 11) is 3.23. The minimum atomic E-state index is -0.119. The molecular formula is C28H32N2O6S. The molecule has 0 fully saturated rings. The fraction of sp³-hybridized carbons (Fsp3) is 0.357. The van der Waals surface area contributed by atoms with Gasteiger partial charge in [0.1, 0.15) is 5.75 Å². The van der Waals surface area contributed by atoms with Crippen molar-refractivity contribution in [1.29, 1.82) is 0 Å². The van der Waals surface area contributed by atoms with Crippen molar-refractivity contribution in [3.8, 4) is 17.2 Å². The molecule has 0 saturated heterocycles. The van der Waals surface area contributed by atoms with E-state index in [0.717, 1.165) is 21.8 Å². The van der Waals surface area contributed by atoms with Gasteiger partial charge in [0.2, 0.25) is 18.6 Å². The van der Waals surface area contributed by atoms with E-state index in [1.807, 2.05) is 60.0 Å². The van der Waals surface area contributed by atoms with Crippen LogP contribution in [0.25, 0.3) is 0 Å². The first-order valence-electron chi connectivity index (χ1n) is 12.1. The van der Waals surface area contributed by atoms with Crippen molar-refractivity contribution in [3.05, 3.63) is 76.0 Å². The van der Waals surface area contributed by atoms with Gasteiger partial charge in [-0.3, -0.25) is 9.59 Å². The Bertz CT molecular complexity index is 1170. The fourth-order valence-corrected chi connectivity index (χ4v) is 4.79. The van der Waals surface area contributed by atoms with Crippen LogP contribution in [0.3, 0.4) is 0 Å². The lowest BCUT2D eigenvalue weighted by Crippen LogP contribution is -2.43. The molecule has 0 spiro atoms. The van der Waals surface area contributed by atoms with Crippen molar-refractivity contribution in [3.63, 3.8) is 0 Å². The Hall–Kier alpha value is -3.56. The zero-order valence-electron chi connectivity index (χ0n) is 21.2. The fourth-order valence-electron chi connectivity index (χ4n) is 4.07. The van der Waals surface area contributed by atoms with E-state index in [1.165, 1.54) is 0 Å². The first-order valence-corrected chi connectivity index (χ1v) is 13.0. The van der Waals surface area contributed by atoms with E-state index < -0.39 is 0 Å². The third-order valence-electron chi connectivity index (χ3n) is 6.06. The number of hydrogen-bond donors (Lipinski definition) is 0. The standard InChI is InChI=1S/C28H32N2O6S/c1-33-13-4-12-29(27(31)16-21-6-9-23(34-2)10-7-21)19-28(32)30(18-24-5-3-14-37-24)17-22-8-11-25-26(15-22)36-20-35-25/h3,5-11,14-15H,4,12-13,16-20H2,1-2H3. The predicted molar refractivity (Wildman–Crippen MR) is 141 cm³/mol. The zero-order valence-corrected chi connectivity index (χ0v) is 22.0. The van der Waals surface area contributed by atoms with Crippen molar-refractivity contribution in [1.82, 2.24) is 9.80 Å². The molecule has 0 aliphatic carbocycles. The second-order valence-corrected chi connectivity index (χ2v) is 9.74. The van der Waals surface area contributed by atoms with Crippen molar-refractivity contribution in [2.75, 3.05) is 40.7 Å². The van der Waals surface area contributed by atoms with E-state index in [2.05, 4.69) is 0 Å². The van der Waals surface area contributed by atoms with Gasteiger partial charge in [-0.1, -0.05) is 24.3 Å². The maximum Gasteiger partial charge on any atom is 0.242 e. The molecule has 2 amide bonds. The van der Waals surface area contributed by atoms with Crippen LogP contribution in [0.5, 0.6) is 17.2 Å². The van der Waals surface area contributed by atoms with Gasteiger partial charge in [-0.25, -0.2) is 0 Å². The average molecular weight is 525 g/mol. The molecule has 0 saturated carbocycles. The van der Waals surface area contributed by atoms with Crippen LogP contribution in [0.4, 0.5) is 0 Å². The number of amides is 2. The molecule has 3 aromatic rings. The van der Waals surface area contributed by atoms with E-state index in [1.54, 1.807) is 35.4 Å². The third-order valence-corrected chi connectivity index (χ3v) is 6.92. The number of thiophene rings is 1. The number of carbonyl (C=O) groups is 2. The highest BCUT2D eigenvalue weighted by Crippen LogP contribution is 2.33. The third kappa shape index (κ3) is 7.47. The van der Waals surface area contributed by atoms with E-state index >= 15 is 0 Å². The first-order chi connectivity index (χ1) is 18.1. The Morgan fingerprint density at radius 3 is 2.43 bits per heavy atom. The van der Waals surface area contributed by atoms with Gasteiger partial charge in [0.05, 0.1) is 26.6 Å². The molecular weight excluding hydrogens is 492 g/mol. The van der Waals surface area contributed by atoms with Crippen LogP contribution in [-0.2, 0) is 33.8 Å². The number of carbonyl (C=O) groups excluding carboxylic acids is 2. The van der Waals surface area contributed by atoms with Crippen molar-refractivity contribution in [2.24, 2.45) is 0 Å². The zero-order chi connectivity index (χ0) is 26.0. The Morgan fingerprint density at radius 2 is 1.70 bits per heavy atom. The molecule has 0 bridgehead atoms. The molecule has 1 aliphatic rings. The summed E-state index contributed by atoms with van der Waals surface area (Å²) in [5, 5.41) is 1.99. The summed E-state index contributed by atoms with van der Waals surface area (Å²) in [5.74, 6) is 1.89. The Balaban J connectivity index is 1.48. The molecule has 1 aromatic heterocycles. The highest BCUT2D eigenvalue weighted by Gasteiger charge is 2.23. The smallest absolute Gasteiger partial charge is 0.242 e. The molecule has 0 unspecified atom stereocenters. The van der Waals surface area contributed by atoms with E-state index in [-0.39, 0.29) is 31.6 Å². The van der Waals surface area contributed by atoms with Gasteiger partial charge in [-0.05, 0) is 53.3 Å². The van der Waals surface area contributed by atoms with E-state index in [0.29, 0.717) is 44.2 Å². The molecule has 0 N–H and O–H groups in total. The van der Waals surface area contributed by atoms with E-state index in [9.17, 15) is 9.59 Å². The van der Waals surface area contributed by atoms with Gasteiger partial charge in [-0.2, -0.15) is 0 Å². The van der Waals surface area contributed by atoms with Gasteiger partial charge in [0.15, 0.2) is 11.5 Å². The number of benzene rings is 2. The monoisotopic (exact) mass is 524 g/mol. The molecule has 0 atom stereocenters.